The number of sulfone groups is 1. The van der Waals surface area contributed by atoms with E-state index in [1.165, 1.54) is 28.6 Å². The van der Waals surface area contributed by atoms with Crippen LogP contribution in [-0.4, -0.2) is 52.2 Å². The van der Waals surface area contributed by atoms with E-state index in [-0.39, 0.29) is 4.90 Å². The Hall–Kier alpha value is -3.25. The van der Waals surface area contributed by atoms with E-state index >= 15 is 0 Å². The maximum atomic E-state index is 11.6. The summed E-state index contributed by atoms with van der Waals surface area (Å²) in [5, 5.41) is 20.3. The van der Waals surface area contributed by atoms with Crippen molar-refractivity contribution in [3.05, 3.63) is 65.8 Å². The monoisotopic (exact) mass is 458 g/mol. The van der Waals surface area contributed by atoms with Gasteiger partial charge in [-0.2, -0.15) is 4.68 Å². The lowest BCUT2D eigenvalue weighted by atomic mass is 10.1. The van der Waals surface area contributed by atoms with E-state index in [0.717, 1.165) is 17.6 Å². The van der Waals surface area contributed by atoms with Crippen LogP contribution in [0.4, 0.5) is 0 Å². The van der Waals surface area contributed by atoms with Crippen LogP contribution in [0.5, 0.6) is 5.75 Å². The Morgan fingerprint density at radius 3 is 2.45 bits per heavy atom. The van der Waals surface area contributed by atoms with E-state index in [1.807, 2.05) is 24.3 Å². The summed E-state index contributed by atoms with van der Waals surface area (Å²) in [5.41, 5.74) is 1.68. The first kappa shape index (κ1) is 21.0. The third kappa shape index (κ3) is 5.09. The molecule has 12 heteroatoms. The fourth-order valence-corrected chi connectivity index (χ4v) is 4.06. The highest BCUT2D eigenvalue weighted by molar-refractivity contribution is 7.98. The molecule has 0 amide bonds. The normalized spacial score (nSPS) is 11.5. The van der Waals surface area contributed by atoms with E-state index in [9.17, 15) is 8.42 Å². The Bertz CT molecular complexity index is 1270. The van der Waals surface area contributed by atoms with Gasteiger partial charge in [-0.15, -0.1) is 15.3 Å². The molecule has 2 heterocycles. The van der Waals surface area contributed by atoms with Gasteiger partial charge in [0, 0.05) is 6.26 Å². The number of hydrogen-bond donors (Lipinski definition) is 0. The summed E-state index contributed by atoms with van der Waals surface area (Å²) in [6.45, 7) is 0. The molecule has 10 nitrogen and oxygen atoms in total. The molecule has 4 rings (SSSR count). The highest BCUT2D eigenvalue weighted by Gasteiger charge is 2.14. The molecule has 0 saturated heterocycles. The van der Waals surface area contributed by atoms with Crippen LogP contribution in [0.3, 0.4) is 0 Å². The highest BCUT2D eigenvalue weighted by Crippen LogP contribution is 2.23. The summed E-state index contributed by atoms with van der Waals surface area (Å²) < 4.78 is 35.6. The van der Waals surface area contributed by atoms with Crippen LogP contribution in [0.2, 0.25) is 0 Å². The molecular formula is C19H18N6O4S2. The number of tetrazole rings is 1. The minimum absolute atomic E-state index is 0.232. The maximum Gasteiger partial charge on any atom is 0.277 e. The Labute approximate surface area is 182 Å². The van der Waals surface area contributed by atoms with Crippen molar-refractivity contribution < 1.29 is 17.6 Å². The molecular weight excluding hydrogens is 440 g/mol. The van der Waals surface area contributed by atoms with Crippen molar-refractivity contribution in [2.75, 3.05) is 13.4 Å². The van der Waals surface area contributed by atoms with E-state index in [1.54, 1.807) is 19.2 Å². The van der Waals surface area contributed by atoms with Crippen molar-refractivity contribution in [3.8, 4) is 11.4 Å². The van der Waals surface area contributed by atoms with E-state index in [2.05, 4.69) is 25.7 Å². The molecule has 2 aromatic heterocycles. The molecule has 0 fully saturated rings. The largest absolute Gasteiger partial charge is 0.497 e. The quantitative estimate of drug-likeness (QED) is 0.363. The van der Waals surface area contributed by atoms with Gasteiger partial charge >= 0.3 is 0 Å². The number of aromatic nitrogens is 6. The average Bonchev–Trinajstić information content (AvgIpc) is 3.41. The van der Waals surface area contributed by atoms with Crippen molar-refractivity contribution in [1.29, 1.82) is 0 Å². The molecule has 31 heavy (non-hydrogen) atoms. The summed E-state index contributed by atoms with van der Waals surface area (Å²) in [6, 6.07) is 14.0. The second-order valence-corrected chi connectivity index (χ2v) is 9.49. The van der Waals surface area contributed by atoms with Crippen LogP contribution in [0, 0.1) is 0 Å². The molecule has 0 aliphatic carbocycles. The number of ether oxygens (including phenoxy) is 1. The van der Waals surface area contributed by atoms with Crippen LogP contribution in [0.15, 0.2) is 63.1 Å². The lowest BCUT2D eigenvalue weighted by Gasteiger charge is -2.04. The minimum Gasteiger partial charge on any atom is -0.497 e. The standard InChI is InChI=1S/C19H18N6O4S2/c1-28-15-7-3-13(4-8-15)11-18-21-22-19(29-18)30-12-17-20-23-24-25(17)14-5-9-16(10-6-14)31(2,26)27/h3-10H,11-12H2,1-2H3. The van der Waals surface area contributed by atoms with Crippen molar-refractivity contribution in [3.63, 3.8) is 0 Å². The van der Waals surface area contributed by atoms with Gasteiger partial charge in [-0.3, -0.25) is 0 Å². The van der Waals surface area contributed by atoms with Gasteiger partial charge in [0.25, 0.3) is 5.22 Å². The van der Waals surface area contributed by atoms with E-state index in [4.69, 9.17) is 9.15 Å². The first-order valence-corrected chi connectivity index (χ1v) is 12.0. The maximum absolute atomic E-state index is 11.6. The van der Waals surface area contributed by atoms with E-state index < -0.39 is 9.84 Å². The number of thioether (sulfide) groups is 1. The Kier molecular flexibility index (Phi) is 6.00. The molecule has 0 atom stereocenters. The summed E-state index contributed by atoms with van der Waals surface area (Å²) in [5.74, 6) is 2.25. The molecule has 4 aromatic rings. The molecule has 0 aliphatic heterocycles. The van der Waals surface area contributed by atoms with Crippen LogP contribution >= 0.6 is 11.8 Å². The zero-order valence-electron chi connectivity index (χ0n) is 16.7. The van der Waals surface area contributed by atoms with Gasteiger partial charge in [0.15, 0.2) is 15.7 Å². The van der Waals surface area contributed by atoms with Gasteiger partial charge in [0.05, 0.1) is 29.9 Å². The van der Waals surface area contributed by atoms with Gasteiger partial charge in [-0.25, -0.2) is 8.42 Å². The zero-order chi connectivity index (χ0) is 21.8. The molecule has 0 bridgehead atoms. The van der Waals surface area contributed by atoms with Crippen LogP contribution in [0.1, 0.15) is 17.3 Å². The van der Waals surface area contributed by atoms with Gasteiger partial charge in [0.2, 0.25) is 5.89 Å². The Morgan fingerprint density at radius 1 is 1.03 bits per heavy atom. The first-order chi connectivity index (χ1) is 14.9. The van der Waals surface area contributed by atoms with E-state index in [0.29, 0.717) is 34.8 Å². The topological polar surface area (TPSA) is 126 Å². The number of nitrogens with zero attached hydrogens (tertiary/aromatic N) is 6. The summed E-state index contributed by atoms with van der Waals surface area (Å²) in [6.07, 6.45) is 1.68. The van der Waals surface area contributed by atoms with Gasteiger partial charge in [0.1, 0.15) is 5.75 Å². The lowest BCUT2D eigenvalue weighted by Crippen LogP contribution is -2.03. The summed E-state index contributed by atoms with van der Waals surface area (Å²) in [7, 11) is -1.65. The van der Waals surface area contributed by atoms with Crippen molar-refractivity contribution in [2.45, 2.75) is 22.3 Å². The van der Waals surface area contributed by atoms with Crippen molar-refractivity contribution in [2.24, 2.45) is 0 Å². The molecule has 0 aliphatic rings. The third-order valence-electron chi connectivity index (χ3n) is 4.33. The summed E-state index contributed by atoms with van der Waals surface area (Å²) in [4.78, 5) is 0.232. The van der Waals surface area contributed by atoms with Crippen molar-refractivity contribution >= 4 is 21.6 Å². The van der Waals surface area contributed by atoms with Crippen LogP contribution < -0.4 is 4.74 Å². The molecule has 0 unspecified atom stereocenters. The number of hydrogen-bond acceptors (Lipinski definition) is 10. The third-order valence-corrected chi connectivity index (χ3v) is 6.27. The highest BCUT2D eigenvalue weighted by atomic mass is 32.2. The van der Waals surface area contributed by atoms with Crippen LogP contribution in [-0.2, 0) is 22.0 Å². The smallest absolute Gasteiger partial charge is 0.277 e. The molecule has 0 spiro atoms. The second-order valence-electron chi connectivity index (χ2n) is 6.55. The fourth-order valence-electron chi connectivity index (χ4n) is 2.74. The lowest BCUT2D eigenvalue weighted by molar-refractivity contribution is 0.413. The number of rotatable bonds is 8. The van der Waals surface area contributed by atoms with Gasteiger partial charge in [-0.05, 0) is 52.4 Å². The molecule has 2 aromatic carbocycles. The number of benzene rings is 2. The predicted molar refractivity (Wildman–Crippen MR) is 112 cm³/mol. The summed E-state index contributed by atoms with van der Waals surface area (Å²) >= 11 is 1.31. The zero-order valence-corrected chi connectivity index (χ0v) is 18.3. The van der Waals surface area contributed by atoms with Gasteiger partial charge in [-0.1, -0.05) is 23.9 Å². The van der Waals surface area contributed by atoms with Gasteiger partial charge < -0.3 is 9.15 Å². The molecule has 0 N–H and O–H groups in total. The fraction of sp³-hybridized carbons (Fsp3) is 0.211. The Morgan fingerprint density at radius 2 is 1.77 bits per heavy atom. The average molecular weight is 459 g/mol. The second kappa shape index (κ2) is 8.86. The SMILES string of the molecule is COc1ccc(Cc2nnc(SCc3nnnn3-c3ccc(S(C)(=O)=O)cc3)o2)cc1. The predicted octanol–water partition coefficient (Wildman–Crippen LogP) is 2.34. The number of methoxy groups -OCH3 is 1. The Balaban J connectivity index is 1.41. The van der Waals surface area contributed by atoms with Crippen LogP contribution in [0.25, 0.3) is 5.69 Å². The molecule has 0 saturated carbocycles. The minimum atomic E-state index is -3.27. The molecule has 160 valence electrons. The van der Waals surface area contributed by atoms with Crippen molar-refractivity contribution in [1.82, 2.24) is 30.4 Å². The first-order valence-electron chi connectivity index (χ1n) is 9.08. The molecule has 0 radical (unpaired) electrons.